The van der Waals surface area contributed by atoms with Gasteiger partial charge < -0.3 is 4.74 Å². The van der Waals surface area contributed by atoms with Gasteiger partial charge in [0.15, 0.2) is 5.69 Å². The molecule has 0 radical (unpaired) electrons. The lowest BCUT2D eigenvalue weighted by atomic mass is 10.1. The van der Waals surface area contributed by atoms with E-state index in [0.717, 1.165) is 4.68 Å². The minimum Gasteiger partial charge on any atom is -0.465 e. The number of benzene rings is 2. The summed E-state index contributed by atoms with van der Waals surface area (Å²) in [6.45, 7) is 0. The van der Waals surface area contributed by atoms with Crippen molar-refractivity contribution in [2.45, 2.75) is 0 Å². The Bertz CT molecular complexity index is 1100. The first-order valence-corrected chi connectivity index (χ1v) is 7.99. The van der Waals surface area contributed by atoms with Gasteiger partial charge >= 0.3 is 5.97 Å². The minimum atomic E-state index is -0.538. The molecular weight excluding hydrogens is 348 g/mol. The SMILES string of the molecule is COC(=O)c1ccc(/C=N\NC(=O)c2nn(C)c(=O)c3ccccc23)cc1. The number of fused-ring (bicyclic) bond motifs is 1. The van der Waals surface area contributed by atoms with Crippen molar-refractivity contribution in [1.82, 2.24) is 15.2 Å². The number of esters is 1. The molecule has 0 atom stereocenters. The number of aromatic nitrogens is 2. The normalized spacial score (nSPS) is 10.9. The highest BCUT2D eigenvalue weighted by atomic mass is 16.5. The molecule has 2 aromatic carbocycles. The van der Waals surface area contributed by atoms with Gasteiger partial charge in [-0.1, -0.05) is 30.3 Å². The average Bonchev–Trinajstić information content (AvgIpc) is 2.70. The molecule has 0 saturated carbocycles. The number of carbonyl (C=O) groups excluding carboxylic acids is 2. The fourth-order valence-corrected chi connectivity index (χ4v) is 2.51. The molecule has 1 N–H and O–H groups in total. The smallest absolute Gasteiger partial charge is 0.337 e. The molecule has 8 heteroatoms. The van der Waals surface area contributed by atoms with Crippen LogP contribution in [0.3, 0.4) is 0 Å². The van der Waals surface area contributed by atoms with E-state index in [4.69, 9.17) is 0 Å². The lowest BCUT2D eigenvalue weighted by Crippen LogP contribution is -2.27. The number of aryl methyl sites for hydroxylation is 1. The number of hydrogen-bond acceptors (Lipinski definition) is 6. The lowest BCUT2D eigenvalue weighted by Gasteiger charge is -2.06. The molecule has 136 valence electrons. The van der Waals surface area contributed by atoms with Gasteiger partial charge in [-0.25, -0.2) is 14.9 Å². The van der Waals surface area contributed by atoms with E-state index in [1.807, 2.05) is 0 Å². The van der Waals surface area contributed by atoms with Crippen molar-refractivity contribution in [3.63, 3.8) is 0 Å². The topological polar surface area (TPSA) is 103 Å². The monoisotopic (exact) mass is 364 g/mol. The maximum absolute atomic E-state index is 12.4. The fraction of sp³-hybridized carbons (Fsp3) is 0.105. The van der Waals surface area contributed by atoms with Gasteiger partial charge in [-0.3, -0.25) is 9.59 Å². The molecule has 3 aromatic rings. The molecule has 0 bridgehead atoms. The highest BCUT2D eigenvalue weighted by Gasteiger charge is 2.14. The zero-order valence-corrected chi connectivity index (χ0v) is 14.7. The Balaban J connectivity index is 1.79. The van der Waals surface area contributed by atoms with Crippen molar-refractivity contribution in [2.24, 2.45) is 12.1 Å². The maximum atomic E-state index is 12.4. The fourth-order valence-electron chi connectivity index (χ4n) is 2.51. The Hall–Kier alpha value is -3.81. The van der Waals surface area contributed by atoms with Gasteiger partial charge in [0.2, 0.25) is 0 Å². The second-order valence-electron chi connectivity index (χ2n) is 5.64. The molecule has 0 aliphatic rings. The molecule has 8 nitrogen and oxygen atoms in total. The molecule has 0 aliphatic carbocycles. The summed E-state index contributed by atoms with van der Waals surface area (Å²) in [7, 11) is 2.79. The second-order valence-corrected chi connectivity index (χ2v) is 5.64. The maximum Gasteiger partial charge on any atom is 0.337 e. The van der Waals surface area contributed by atoms with Crippen molar-refractivity contribution in [2.75, 3.05) is 7.11 Å². The molecule has 0 aliphatic heterocycles. The average molecular weight is 364 g/mol. The first kappa shape index (κ1) is 18.0. The van der Waals surface area contributed by atoms with Crippen molar-refractivity contribution in [3.05, 3.63) is 75.7 Å². The van der Waals surface area contributed by atoms with Crippen LogP contribution in [0.2, 0.25) is 0 Å². The Morgan fingerprint density at radius 1 is 1.11 bits per heavy atom. The molecule has 0 fully saturated rings. The number of carbonyl (C=O) groups is 2. The van der Waals surface area contributed by atoms with E-state index >= 15 is 0 Å². The summed E-state index contributed by atoms with van der Waals surface area (Å²) in [6, 6.07) is 13.3. The van der Waals surface area contributed by atoms with Crippen LogP contribution in [0.25, 0.3) is 10.8 Å². The molecule has 0 saturated heterocycles. The Labute approximate surface area is 154 Å². The molecule has 27 heavy (non-hydrogen) atoms. The number of hydrogen-bond donors (Lipinski definition) is 1. The van der Waals surface area contributed by atoms with Crippen molar-refractivity contribution < 1.29 is 14.3 Å². The van der Waals surface area contributed by atoms with Gasteiger partial charge in [-0.15, -0.1) is 0 Å². The van der Waals surface area contributed by atoms with E-state index in [1.54, 1.807) is 48.5 Å². The van der Waals surface area contributed by atoms with Gasteiger partial charge in [0.25, 0.3) is 11.5 Å². The number of methoxy groups -OCH3 is 1. The number of hydrazone groups is 1. The highest BCUT2D eigenvalue weighted by molar-refractivity contribution is 6.05. The third-order valence-corrected chi connectivity index (χ3v) is 3.88. The third kappa shape index (κ3) is 3.74. The first-order valence-electron chi connectivity index (χ1n) is 7.99. The largest absolute Gasteiger partial charge is 0.465 e. The highest BCUT2D eigenvalue weighted by Crippen LogP contribution is 2.12. The van der Waals surface area contributed by atoms with Crippen LogP contribution < -0.4 is 11.0 Å². The van der Waals surface area contributed by atoms with Gasteiger partial charge in [0.1, 0.15) is 0 Å². The quantitative estimate of drug-likeness (QED) is 0.429. The van der Waals surface area contributed by atoms with Gasteiger partial charge in [-0.2, -0.15) is 10.2 Å². The van der Waals surface area contributed by atoms with E-state index in [9.17, 15) is 14.4 Å². The summed E-state index contributed by atoms with van der Waals surface area (Å²) < 4.78 is 5.75. The summed E-state index contributed by atoms with van der Waals surface area (Å²) in [5.74, 6) is -0.969. The van der Waals surface area contributed by atoms with E-state index in [0.29, 0.717) is 21.9 Å². The Morgan fingerprint density at radius 3 is 2.44 bits per heavy atom. The molecule has 0 spiro atoms. The van der Waals surface area contributed by atoms with Gasteiger partial charge in [-0.05, 0) is 23.8 Å². The van der Waals surface area contributed by atoms with Crippen LogP contribution >= 0.6 is 0 Å². The Morgan fingerprint density at radius 2 is 1.78 bits per heavy atom. The molecule has 3 rings (SSSR count). The zero-order valence-electron chi connectivity index (χ0n) is 14.7. The summed E-state index contributed by atoms with van der Waals surface area (Å²) in [5.41, 5.74) is 3.32. The van der Waals surface area contributed by atoms with Crippen molar-refractivity contribution in [3.8, 4) is 0 Å². The van der Waals surface area contributed by atoms with Gasteiger partial charge in [0, 0.05) is 12.4 Å². The molecule has 1 heterocycles. The van der Waals surface area contributed by atoms with E-state index in [-0.39, 0.29) is 11.3 Å². The predicted octanol–water partition coefficient (Wildman–Crippen LogP) is 1.48. The standard InChI is InChI=1S/C19H16N4O4/c1-23-18(25)15-6-4-3-5-14(15)16(22-23)17(24)21-20-11-12-7-9-13(10-8-12)19(26)27-2/h3-11H,1-2H3,(H,21,24)/b20-11-. The van der Waals surface area contributed by atoms with E-state index in [1.165, 1.54) is 20.4 Å². The van der Waals surface area contributed by atoms with Crippen LogP contribution in [0, 0.1) is 0 Å². The zero-order chi connectivity index (χ0) is 19.4. The van der Waals surface area contributed by atoms with Crippen LogP contribution in [-0.4, -0.2) is 35.0 Å². The third-order valence-electron chi connectivity index (χ3n) is 3.88. The number of rotatable bonds is 4. The predicted molar refractivity (Wildman–Crippen MR) is 99.8 cm³/mol. The summed E-state index contributed by atoms with van der Waals surface area (Å²) >= 11 is 0. The van der Waals surface area contributed by atoms with Crippen molar-refractivity contribution in [1.29, 1.82) is 0 Å². The molecule has 1 aromatic heterocycles. The van der Waals surface area contributed by atoms with E-state index in [2.05, 4.69) is 20.4 Å². The number of nitrogens with zero attached hydrogens (tertiary/aromatic N) is 3. The molecular formula is C19H16N4O4. The first-order chi connectivity index (χ1) is 13.0. The van der Waals surface area contributed by atoms with Crippen LogP contribution in [0.15, 0.2) is 58.4 Å². The molecule has 0 unspecified atom stereocenters. The number of amides is 1. The minimum absolute atomic E-state index is 0.103. The van der Waals surface area contributed by atoms with Crippen LogP contribution in [0.5, 0.6) is 0 Å². The van der Waals surface area contributed by atoms with E-state index < -0.39 is 11.9 Å². The summed E-state index contributed by atoms with van der Waals surface area (Å²) in [4.78, 5) is 35.9. The van der Waals surface area contributed by atoms with Crippen LogP contribution in [0.1, 0.15) is 26.4 Å². The lowest BCUT2D eigenvalue weighted by molar-refractivity contribution is 0.0600. The molecule has 1 amide bonds. The summed E-state index contributed by atoms with van der Waals surface area (Å²) in [6.07, 6.45) is 1.43. The van der Waals surface area contributed by atoms with Gasteiger partial charge in [0.05, 0.1) is 24.3 Å². The number of nitrogens with one attached hydrogen (secondary N) is 1. The van der Waals surface area contributed by atoms with Crippen LogP contribution in [-0.2, 0) is 11.8 Å². The van der Waals surface area contributed by atoms with Crippen LogP contribution in [0.4, 0.5) is 0 Å². The number of ether oxygens (including phenoxy) is 1. The Kier molecular flexibility index (Phi) is 5.07. The summed E-state index contributed by atoms with van der Waals surface area (Å²) in [5, 5.41) is 8.80. The second kappa shape index (κ2) is 7.61. The van der Waals surface area contributed by atoms with Crippen molar-refractivity contribution >= 4 is 28.9 Å².